The van der Waals surface area contributed by atoms with E-state index >= 15 is 0 Å². The van der Waals surface area contributed by atoms with Gasteiger partial charge in [0.2, 0.25) is 0 Å². The largest absolute Gasteiger partial charge is 0.495 e. The highest BCUT2D eigenvalue weighted by Gasteiger charge is 2.09. The summed E-state index contributed by atoms with van der Waals surface area (Å²) in [5, 5.41) is 21.3. The first-order chi connectivity index (χ1) is 9.06. The number of aliphatic hydroxyl groups is 1. The Hall–Kier alpha value is -1.75. The molecule has 1 atom stereocenters. The molecule has 0 aromatic heterocycles. The summed E-state index contributed by atoms with van der Waals surface area (Å²) in [5.41, 5.74) is 1.99. The van der Waals surface area contributed by atoms with Crippen molar-refractivity contribution in [1.29, 1.82) is 0 Å². The molecule has 0 bridgehead atoms. The number of aliphatic carboxylic acids is 1. The van der Waals surface area contributed by atoms with Crippen LogP contribution in [0.15, 0.2) is 18.2 Å². The van der Waals surface area contributed by atoms with Gasteiger partial charge in [0, 0.05) is 13.0 Å². The molecule has 0 amide bonds. The lowest BCUT2D eigenvalue weighted by Gasteiger charge is -2.15. The molecule has 5 nitrogen and oxygen atoms in total. The van der Waals surface area contributed by atoms with Crippen LogP contribution in [0.4, 0.5) is 5.69 Å². The number of rotatable bonds is 8. The maximum atomic E-state index is 10.4. The van der Waals surface area contributed by atoms with Crippen LogP contribution in [0.3, 0.4) is 0 Å². The minimum Gasteiger partial charge on any atom is -0.495 e. The van der Waals surface area contributed by atoms with Crippen LogP contribution in [0.2, 0.25) is 0 Å². The molecule has 0 spiro atoms. The highest BCUT2D eigenvalue weighted by atomic mass is 16.5. The highest BCUT2D eigenvalue weighted by Crippen LogP contribution is 2.25. The van der Waals surface area contributed by atoms with Crippen molar-refractivity contribution in [3.63, 3.8) is 0 Å². The maximum absolute atomic E-state index is 10.4. The van der Waals surface area contributed by atoms with Gasteiger partial charge >= 0.3 is 5.97 Å². The molecule has 19 heavy (non-hydrogen) atoms. The van der Waals surface area contributed by atoms with Crippen molar-refractivity contribution in [2.24, 2.45) is 0 Å². The fourth-order valence-corrected chi connectivity index (χ4v) is 1.73. The predicted octanol–water partition coefficient (Wildman–Crippen LogP) is 1.90. The van der Waals surface area contributed by atoms with Gasteiger partial charge < -0.3 is 20.3 Å². The molecular formula is C14H21NO4. The normalized spacial score (nSPS) is 11.9. The van der Waals surface area contributed by atoms with E-state index in [1.54, 1.807) is 7.11 Å². The summed E-state index contributed by atoms with van der Waals surface area (Å²) in [6.07, 6.45) is 0.430. The van der Waals surface area contributed by atoms with Gasteiger partial charge in [0.1, 0.15) is 5.75 Å². The van der Waals surface area contributed by atoms with Crippen molar-refractivity contribution < 1.29 is 19.7 Å². The number of hydrogen-bond acceptors (Lipinski definition) is 4. The number of aliphatic hydroxyl groups excluding tert-OH is 1. The van der Waals surface area contributed by atoms with Crippen LogP contribution in [-0.2, 0) is 11.2 Å². The summed E-state index contributed by atoms with van der Waals surface area (Å²) in [6.45, 7) is 2.37. The molecule has 3 N–H and O–H groups in total. The maximum Gasteiger partial charge on any atom is 0.303 e. The van der Waals surface area contributed by atoms with Crippen LogP contribution in [0.5, 0.6) is 5.75 Å². The average molecular weight is 267 g/mol. The van der Waals surface area contributed by atoms with E-state index in [2.05, 4.69) is 12.2 Å². The van der Waals surface area contributed by atoms with E-state index in [0.29, 0.717) is 12.3 Å². The van der Waals surface area contributed by atoms with Gasteiger partial charge in [0.25, 0.3) is 0 Å². The van der Waals surface area contributed by atoms with Crippen molar-refractivity contribution in [2.75, 3.05) is 19.0 Å². The number of hydrogen-bond donors (Lipinski definition) is 3. The summed E-state index contributed by atoms with van der Waals surface area (Å²) < 4.78 is 5.24. The summed E-state index contributed by atoms with van der Waals surface area (Å²) in [5.74, 6) is -0.188. The number of ether oxygens (including phenoxy) is 1. The Morgan fingerprint density at radius 2 is 2.21 bits per heavy atom. The van der Waals surface area contributed by atoms with E-state index in [4.69, 9.17) is 9.84 Å². The molecule has 1 aromatic carbocycles. The fourth-order valence-electron chi connectivity index (χ4n) is 1.73. The van der Waals surface area contributed by atoms with E-state index in [1.165, 1.54) is 5.56 Å². The van der Waals surface area contributed by atoms with E-state index in [-0.39, 0.29) is 12.8 Å². The van der Waals surface area contributed by atoms with Gasteiger partial charge in [-0.2, -0.15) is 0 Å². The summed E-state index contributed by atoms with van der Waals surface area (Å²) >= 11 is 0. The van der Waals surface area contributed by atoms with E-state index in [9.17, 15) is 9.90 Å². The summed E-state index contributed by atoms with van der Waals surface area (Å²) in [7, 11) is 1.59. The molecule has 0 fully saturated rings. The van der Waals surface area contributed by atoms with Crippen LogP contribution < -0.4 is 10.1 Å². The molecule has 0 radical (unpaired) electrons. The van der Waals surface area contributed by atoms with Crippen LogP contribution >= 0.6 is 0 Å². The molecule has 0 saturated heterocycles. The molecule has 1 rings (SSSR count). The third kappa shape index (κ3) is 5.18. The standard InChI is InChI=1S/C14H21NO4/c1-3-10-4-6-13(19-2)12(8-10)15-9-11(16)5-7-14(17)18/h4,6,8,11,15-16H,3,5,7,9H2,1-2H3,(H,17,18). The third-order valence-corrected chi connectivity index (χ3v) is 2.89. The number of aryl methyl sites for hydroxylation is 1. The number of carboxylic acids is 1. The van der Waals surface area contributed by atoms with Gasteiger partial charge in [-0.05, 0) is 30.5 Å². The van der Waals surface area contributed by atoms with Gasteiger partial charge in [-0.25, -0.2) is 0 Å². The van der Waals surface area contributed by atoms with E-state index in [1.807, 2.05) is 18.2 Å². The van der Waals surface area contributed by atoms with Crippen molar-refractivity contribution in [3.8, 4) is 5.75 Å². The first-order valence-electron chi connectivity index (χ1n) is 6.37. The zero-order valence-corrected chi connectivity index (χ0v) is 11.3. The number of methoxy groups -OCH3 is 1. The third-order valence-electron chi connectivity index (χ3n) is 2.89. The lowest BCUT2D eigenvalue weighted by atomic mass is 10.1. The number of carboxylic acid groups (broad SMARTS) is 1. The van der Waals surface area contributed by atoms with E-state index in [0.717, 1.165) is 12.1 Å². The zero-order chi connectivity index (χ0) is 14.3. The summed E-state index contributed by atoms with van der Waals surface area (Å²) in [4.78, 5) is 10.4. The molecule has 5 heteroatoms. The summed E-state index contributed by atoms with van der Waals surface area (Å²) in [6, 6.07) is 5.85. The van der Waals surface area contributed by atoms with Crippen molar-refractivity contribution in [1.82, 2.24) is 0 Å². The molecule has 1 aromatic rings. The zero-order valence-electron chi connectivity index (χ0n) is 11.3. The predicted molar refractivity (Wildman–Crippen MR) is 73.7 cm³/mol. The van der Waals surface area contributed by atoms with Crippen LogP contribution in [0.1, 0.15) is 25.3 Å². The Bertz CT molecular complexity index is 420. The van der Waals surface area contributed by atoms with Crippen molar-refractivity contribution >= 4 is 11.7 Å². The molecule has 1 unspecified atom stereocenters. The number of anilines is 1. The smallest absolute Gasteiger partial charge is 0.303 e. The number of benzene rings is 1. The topological polar surface area (TPSA) is 78.8 Å². The molecule has 0 aliphatic carbocycles. The second kappa shape index (κ2) is 7.63. The highest BCUT2D eigenvalue weighted by molar-refractivity contribution is 5.66. The molecule has 0 heterocycles. The van der Waals surface area contributed by atoms with Crippen molar-refractivity contribution in [3.05, 3.63) is 23.8 Å². The SMILES string of the molecule is CCc1ccc(OC)c(NCC(O)CCC(=O)O)c1. The minimum atomic E-state index is -0.899. The number of nitrogens with one attached hydrogen (secondary N) is 1. The molecule has 106 valence electrons. The molecule has 0 aliphatic rings. The van der Waals surface area contributed by atoms with E-state index < -0.39 is 12.1 Å². The lowest BCUT2D eigenvalue weighted by Crippen LogP contribution is -2.20. The monoisotopic (exact) mass is 267 g/mol. The molecular weight excluding hydrogens is 246 g/mol. The Labute approximate surface area is 113 Å². The Morgan fingerprint density at radius 3 is 2.79 bits per heavy atom. The van der Waals surface area contributed by atoms with Gasteiger partial charge in [-0.15, -0.1) is 0 Å². The van der Waals surface area contributed by atoms with Crippen LogP contribution in [0.25, 0.3) is 0 Å². The first kappa shape index (κ1) is 15.3. The van der Waals surface area contributed by atoms with Crippen molar-refractivity contribution in [2.45, 2.75) is 32.3 Å². The van der Waals surface area contributed by atoms with Crippen LogP contribution in [0, 0.1) is 0 Å². The lowest BCUT2D eigenvalue weighted by molar-refractivity contribution is -0.137. The fraction of sp³-hybridized carbons (Fsp3) is 0.500. The average Bonchev–Trinajstić information content (AvgIpc) is 2.42. The molecule has 0 saturated carbocycles. The Morgan fingerprint density at radius 1 is 1.47 bits per heavy atom. The molecule has 0 aliphatic heterocycles. The first-order valence-corrected chi connectivity index (χ1v) is 6.37. The van der Waals surface area contributed by atoms with Crippen LogP contribution in [-0.4, -0.2) is 35.9 Å². The Kier molecular flexibility index (Phi) is 6.15. The minimum absolute atomic E-state index is 0.0328. The van der Waals surface area contributed by atoms with Gasteiger partial charge in [0.15, 0.2) is 0 Å². The second-order valence-corrected chi connectivity index (χ2v) is 4.36. The van der Waals surface area contributed by atoms with Gasteiger partial charge in [0.05, 0.1) is 18.9 Å². The Balaban J connectivity index is 2.57. The van der Waals surface area contributed by atoms with Gasteiger partial charge in [-0.1, -0.05) is 13.0 Å². The quantitative estimate of drug-likeness (QED) is 0.670. The number of carbonyl (C=O) groups is 1. The second-order valence-electron chi connectivity index (χ2n) is 4.36. The van der Waals surface area contributed by atoms with Gasteiger partial charge in [-0.3, -0.25) is 4.79 Å².